The molecule has 2 heterocycles. The van der Waals surface area contributed by atoms with E-state index in [9.17, 15) is 13.0 Å². The molecule has 1 aliphatic carbocycles. The zero-order valence-corrected chi connectivity index (χ0v) is 25.8. The van der Waals surface area contributed by atoms with Crippen LogP contribution in [-0.4, -0.2) is 88.4 Å². The van der Waals surface area contributed by atoms with E-state index in [1.54, 1.807) is 25.5 Å². The Morgan fingerprint density at radius 1 is 1.05 bits per heavy atom. The number of aromatic amines is 1. The van der Waals surface area contributed by atoms with Crippen LogP contribution in [0.15, 0.2) is 53.6 Å². The quantitative estimate of drug-likeness (QED) is 0.149. The number of hydrogen-bond donors (Lipinski definition) is 1. The second kappa shape index (κ2) is 12.2. The summed E-state index contributed by atoms with van der Waals surface area (Å²) in [5.41, 5.74) is 4.35. The maximum atomic E-state index is 12.9. The summed E-state index contributed by atoms with van der Waals surface area (Å²) in [6, 6.07) is 13.2. The highest BCUT2D eigenvalue weighted by atomic mass is 32.2. The number of aromatic nitrogens is 2. The fourth-order valence-electron chi connectivity index (χ4n) is 4.80. The Morgan fingerprint density at radius 2 is 1.83 bits per heavy atom. The van der Waals surface area contributed by atoms with Gasteiger partial charge in [0.25, 0.3) is 0 Å². The van der Waals surface area contributed by atoms with Crippen LogP contribution in [0, 0.1) is 6.92 Å². The molecule has 5 rings (SSSR count). The Morgan fingerprint density at radius 3 is 2.59 bits per heavy atom. The highest BCUT2D eigenvalue weighted by Gasteiger charge is 2.37. The molecule has 0 amide bonds. The first kappa shape index (κ1) is 29.7. The molecule has 0 radical (unpaired) electrons. The van der Waals surface area contributed by atoms with Gasteiger partial charge in [-0.2, -0.15) is 0 Å². The topological polar surface area (TPSA) is 111 Å². The number of rotatable bonds is 14. The average Bonchev–Trinajstić information content (AvgIpc) is 3.72. The summed E-state index contributed by atoms with van der Waals surface area (Å²) >= 11 is 0. The molecule has 0 bridgehead atoms. The normalized spacial score (nSPS) is 14.4. The first-order valence-electron chi connectivity index (χ1n) is 13.9. The standard InChI is InChI=1S/C30H38N3O6PS/c1-21-18-26-28-25(22-6-5-7-24(19-22)41(35,36)23-8-9-23)10-11-27(29(28)32-30(26)31-20-21)38-17-16-37-14-12-33(2)13-15-39-40(3,4)34/h5-7,10-11,18-20,23H,8-9,12-17H2,1-4H3,(H,31,32). The number of aryl methyl sites for hydroxylation is 1. The number of nitrogens with zero attached hydrogens (tertiary/aromatic N) is 2. The number of fused-ring (bicyclic) bond motifs is 3. The van der Waals surface area contributed by atoms with E-state index >= 15 is 0 Å². The van der Waals surface area contributed by atoms with Gasteiger partial charge in [0.15, 0.2) is 17.2 Å². The van der Waals surface area contributed by atoms with E-state index in [2.05, 4.69) is 20.9 Å². The zero-order valence-electron chi connectivity index (χ0n) is 24.1. The summed E-state index contributed by atoms with van der Waals surface area (Å²) in [5, 5.41) is 1.65. The number of hydrogen-bond acceptors (Lipinski definition) is 8. The van der Waals surface area contributed by atoms with Crippen LogP contribution in [0.25, 0.3) is 33.1 Å². The van der Waals surface area contributed by atoms with Crippen molar-refractivity contribution in [2.24, 2.45) is 0 Å². The van der Waals surface area contributed by atoms with E-state index in [0.717, 1.165) is 58.0 Å². The van der Waals surface area contributed by atoms with Gasteiger partial charge in [0, 0.05) is 43.4 Å². The van der Waals surface area contributed by atoms with Gasteiger partial charge in [0.2, 0.25) is 0 Å². The number of nitrogens with one attached hydrogen (secondary N) is 1. The third-order valence-corrected chi connectivity index (χ3v) is 10.2. The molecule has 2 aromatic carbocycles. The van der Waals surface area contributed by atoms with Crippen LogP contribution in [0.2, 0.25) is 0 Å². The van der Waals surface area contributed by atoms with E-state index in [1.165, 1.54) is 0 Å². The first-order valence-corrected chi connectivity index (χ1v) is 17.9. The van der Waals surface area contributed by atoms with Crippen LogP contribution in [0.1, 0.15) is 18.4 Å². The van der Waals surface area contributed by atoms with Gasteiger partial charge in [-0.05, 0) is 73.8 Å². The van der Waals surface area contributed by atoms with Gasteiger partial charge < -0.3 is 23.9 Å². The lowest BCUT2D eigenvalue weighted by Crippen LogP contribution is -2.27. The van der Waals surface area contributed by atoms with Crippen molar-refractivity contribution in [1.29, 1.82) is 0 Å². The lowest BCUT2D eigenvalue weighted by Gasteiger charge is -2.17. The minimum atomic E-state index is -3.31. The minimum Gasteiger partial charge on any atom is -0.489 e. The van der Waals surface area contributed by atoms with E-state index in [-0.39, 0.29) is 5.25 Å². The van der Waals surface area contributed by atoms with Gasteiger partial charge in [-0.1, -0.05) is 12.1 Å². The van der Waals surface area contributed by atoms with Gasteiger partial charge in [0.05, 0.1) is 35.5 Å². The number of ether oxygens (including phenoxy) is 2. The first-order chi connectivity index (χ1) is 19.5. The van der Waals surface area contributed by atoms with Gasteiger partial charge >= 0.3 is 0 Å². The van der Waals surface area contributed by atoms with Crippen LogP contribution < -0.4 is 4.74 Å². The van der Waals surface area contributed by atoms with Crippen LogP contribution in [0.3, 0.4) is 0 Å². The van der Waals surface area contributed by atoms with Crippen molar-refractivity contribution >= 4 is 39.1 Å². The monoisotopic (exact) mass is 599 g/mol. The summed E-state index contributed by atoms with van der Waals surface area (Å²) in [6.45, 7) is 8.40. The van der Waals surface area contributed by atoms with Crippen molar-refractivity contribution in [3.8, 4) is 16.9 Å². The van der Waals surface area contributed by atoms with Gasteiger partial charge in [0.1, 0.15) is 18.0 Å². The molecule has 41 heavy (non-hydrogen) atoms. The Hall–Kier alpha value is -2.75. The van der Waals surface area contributed by atoms with Crippen molar-refractivity contribution in [3.05, 3.63) is 54.2 Å². The summed E-state index contributed by atoms with van der Waals surface area (Å²) in [5.74, 6) is 0.683. The smallest absolute Gasteiger partial charge is 0.197 e. The lowest BCUT2D eigenvalue weighted by molar-refractivity contribution is 0.0826. The largest absolute Gasteiger partial charge is 0.489 e. The SMILES string of the molecule is Cc1cnc2[nH]c3c(OCCOCCN(C)CCOP(C)(C)=O)ccc(-c4cccc(S(=O)(=O)C5CC5)c4)c3c2c1. The van der Waals surface area contributed by atoms with E-state index < -0.39 is 17.2 Å². The molecule has 1 N–H and O–H groups in total. The van der Waals surface area contributed by atoms with E-state index in [4.69, 9.17) is 14.0 Å². The summed E-state index contributed by atoms with van der Waals surface area (Å²) in [7, 11) is -3.79. The molecule has 1 saturated carbocycles. The molecule has 0 aliphatic heterocycles. The lowest BCUT2D eigenvalue weighted by atomic mass is 9.99. The molecule has 9 nitrogen and oxygen atoms in total. The van der Waals surface area contributed by atoms with Crippen molar-refractivity contribution < 1.29 is 27.0 Å². The van der Waals surface area contributed by atoms with Crippen LogP contribution in [0.4, 0.5) is 0 Å². The summed E-state index contributed by atoms with van der Waals surface area (Å²) in [4.78, 5) is 10.5. The molecule has 0 saturated heterocycles. The highest BCUT2D eigenvalue weighted by molar-refractivity contribution is 7.92. The molecule has 2 aromatic heterocycles. The average molecular weight is 600 g/mol. The number of H-pyrrole nitrogens is 1. The summed E-state index contributed by atoms with van der Waals surface area (Å²) in [6.07, 6.45) is 3.28. The van der Waals surface area contributed by atoms with Gasteiger partial charge in [-0.15, -0.1) is 0 Å². The van der Waals surface area contributed by atoms with Crippen molar-refractivity contribution in [2.75, 3.05) is 59.9 Å². The number of likely N-dealkylation sites (N-methyl/N-ethyl adjacent to an activating group) is 1. The van der Waals surface area contributed by atoms with Crippen molar-refractivity contribution in [1.82, 2.24) is 14.9 Å². The third-order valence-electron chi connectivity index (χ3n) is 7.12. The molecule has 0 unspecified atom stereocenters. The summed E-state index contributed by atoms with van der Waals surface area (Å²) < 4.78 is 54.8. The fraction of sp³-hybridized carbons (Fsp3) is 0.433. The number of pyridine rings is 1. The molecule has 1 fully saturated rings. The number of benzene rings is 2. The fourth-order valence-corrected chi connectivity index (χ4v) is 7.02. The molecule has 4 aromatic rings. The van der Waals surface area contributed by atoms with Gasteiger partial charge in [-0.3, -0.25) is 4.57 Å². The number of sulfone groups is 1. The predicted octanol–water partition coefficient (Wildman–Crippen LogP) is 5.51. The molecule has 11 heteroatoms. The Labute approximate surface area is 241 Å². The van der Waals surface area contributed by atoms with Crippen molar-refractivity contribution in [2.45, 2.75) is 29.9 Å². The molecule has 1 aliphatic rings. The second-order valence-electron chi connectivity index (χ2n) is 11.0. The molecular weight excluding hydrogens is 561 g/mol. The predicted molar refractivity (Wildman–Crippen MR) is 163 cm³/mol. The maximum Gasteiger partial charge on any atom is 0.197 e. The minimum absolute atomic E-state index is 0.262. The Kier molecular flexibility index (Phi) is 8.87. The molecule has 220 valence electrons. The van der Waals surface area contributed by atoms with Crippen LogP contribution in [0.5, 0.6) is 5.75 Å². The highest BCUT2D eigenvalue weighted by Crippen LogP contribution is 2.41. The molecule has 0 atom stereocenters. The third kappa shape index (κ3) is 7.19. The van der Waals surface area contributed by atoms with Gasteiger partial charge in [-0.25, -0.2) is 13.4 Å². The second-order valence-corrected chi connectivity index (χ2v) is 16.0. The van der Waals surface area contributed by atoms with E-state index in [1.807, 2.05) is 44.4 Å². The van der Waals surface area contributed by atoms with Crippen LogP contribution in [-0.2, 0) is 23.7 Å². The van der Waals surface area contributed by atoms with Crippen LogP contribution >= 0.6 is 7.37 Å². The van der Waals surface area contributed by atoms with Crippen molar-refractivity contribution in [3.63, 3.8) is 0 Å². The Balaban J connectivity index is 1.30. The van der Waals surface area contributed by atoms with E-state index in [0.29, 0.717) is 43.6 Å². The zero-order chi connectivity index (χ0) is 29.2. The molecular formula is C30H38N3O6PS. The maximum absolute atomic E-state index is 12.9. The Bertz CT molecular complexity index is 1690. The molecule has 0 spiro atoms.